The molecule has 1 atom stereocenters. The molecule has 18 heavy (non-hydrogen) atoms. The van der Waals surface area contributed by atoms with Crippen molar-refractivity contribution in [3.8, 4) is 0 Å². The van der Waals surface area contributed by atoms with Crippen molar-refractivity contribution in [3.63, 3.8) is 0 Å². The van der Waals surface area contributed by atoms with E-state index >= 15 is 0 Å². The molecule has 0 radical (unpaired) electrons. The third kappa shape index (κ3) is 5.22. The summed E-state index contributed by atoms with van der Waals surface area (Å²) in [4.78, 5) is 4.99. The van der Waals surface area contributed by atoms with Crippen molar-refractivity contribution in [2.45, 2.75) is 52.2 Å². The minimum Gasteiger partial charge on any atom is -0.395 e. The molecule has 1 heterocycles. The van der Waals surface area contributed by atoms with Crippen LogP contribution in [0.4, 0.5) is 0 Å². The number of aliphatic hydroxyl groups is 1. The highest BCUT2D eigenvalue weighted by Crippen LogP contribution is 2.15. The largest absolute Gasteiger partial charge is 0.395 e. The van der Waals surface area contributed by atoms with E-state index in [1.165, 1.54) is 0 Å². The standard InChI is InChI=1S/C14H31N3O/c1-12(2)15-13(11-18)10-16-6-8-17(9-7-16)14(3,4)5/h12-13,15,18H,6-11H2,1-5H3. The van der Waals surface area contributed by atoms with Crippen LogP contribution in [-0.4, -0.2) is 71.9 Å². The number of nitrogens with one attached hydrogen (secondary N) is 1. The monoisotopic (exact) mass is 257 g/mol. The number of rotatable bonds is 5. The zero-order chi connectivity index (χ0) is 13.8. The molecule has 108 valence electrons. The summed E-state index contributed by atoms with van der Waals surface area (Å²) in [5.41, 5.74) is 0.276. The van der Waals surface area contributed by atoms with Crippen molar-refractivity contribution in [2.24, 2.45) is 0 Å². The van der Waals surface area contributed by atoms with Gasteiger partial charge in [-0.1, -0.05) is 13.8 Å². The summed E-state index contributed by atoms with van der Waals surface area (Å²) in [6.07, 6.45) is 0. The van der Waals surface area contributed by atoms with Crippen LogP contribution in [0, 0.1) is 0 Å². The van der Waals surface area contributed by atoms with Gasteiger partial charge in [0.1, 0.15) is 0 Å². The molecule has 0 bridgehead atoms. The molecule has 0 amide bonds. The number of piperazine rings is 1. The summed E-state index contributed by atoms with van der Waals surface area (Å²) >= 11 is 0. The molecule has 1 aliphatic heterocycles. The van der Waals surface area contributed by atoms with Gasteiger partial charge in [0, 0.05) is 50.3 Å². The second-order valence-corrected chi connectivity index (χ2v) is 6.66. The van der Waals surface area contributed by atoms with Crippen LogP contribution in [0.1, 0.15) is 34.6 Å². The third-order valence-corrected chi connectivity index (χ3v) is 3.59. The maximum atomic E-state index is 9.39. The Hall–Kier alpha value is -0.160. The Morgan fingerprint density at radius 1 is 1.11 bits per heavy atom. The molecule has 0 saturated carbocycles. The van der Waals surface area contributed by atoms with Crippen molar-refractivity contribution < 1.29 is 5.11 Å². The average Bonchev–Trinajstić information content (AvgIpc) is 2.27. The van der Waals surface area contributed by atoms with E-state index in [-0.39, 0.29) is 18.2 Å². The topological polar surface area (TPSA) is 38.7 Å². The number of hydrogen-bond acceptors (Lipinski definition) is 4. The number of aliphatic hydroxyl groups excluding tert-OH is 1. The van der Waals surface area contributed by atoms with Gasteiger partial charge >= 0.3 is 0 Å². The second kappa shape index (κ2) is 6.85. The molecule has 1 fully saturated rings. The van der Waals surface area contributed by atoms with Crippen LogP contribution >= 0.6 is 0 Å². The Bertz CT molecular complexity index is 230. The third-order valence-electron chi connectivity index (χ3n) is 3.59. The molecule has 1 aliphatic rings. The van der Waals surface area contributed by atoms with Crippen molar-refractivity contribution in [3.05, 3.63) is 0 Å². The van der Waals surface area contributed by atoms with E-state index in [9.17, 15) is 5.11 Å². The molecule has 0 aliphatic carbocycles. The highest BCUT2D eigenvalue weighted by Gasteiger charge is 2.26. The van der Waals surface area contributed by atoms with E-state index in [4.69, 9.17) is 0 Å². The molecule has 0 aromatic carbocycles. The van der Waals surface area contributed by atoms with E-state index in [2.05, 4.69) is 49.7 Å². The average molecular weight is 257 g/mol. The minimum atomic E-state index is 0.200. The first-order valence-electron chi connectivity index (χ1n) is 7.17. The van der Waals surface area contributed by atoms with Crippen LogP contribution in [0.3, 0.4) is 0 Å². The van der Waals surface area contributed by atoms with Crippen molar-refractivity contribution in [1.29, 1.82) is 0 Å². The lowest BCUT2D eigenvalue weighted by Crippen LogP contribution is -2.56. The van der Waals surface area contributed by atoms with E-state index in [0.717, 1.165) is 32.7 Å². The van der Waals surface area contributed by atoms with Crippen molar-refractivity contribution in [2.75, 3.05) is 39.3 Å². The van der Waals surface area contributed by atoms with Crippen LogP contribution in [0.2, 0.25) is 0 Å². The molecule has 1 rings (SSSR count). The molecule has 0 aromatic rings. The van der Waals surface area contributed by atoms with Crippen LogP contribution < -0.4 is 5.32 Å². The molecular weight excluding hydrogens is 226 g/mol. The Labute approximate surface area is 112 Å². The first-order chi connectivity index (χ1) is 8.32. The van der Waals surface area contributed by atoms with Gasteiger partial charge < -0.3 is 10.4 Å². The smallest absolute Gasteiger partial charge is 0.0597 e. The fourth-order valence-corrected chi connectivity index (χ4v) is 2.55. The summed E-state index contributed by atoms with van der Waals surface area (Å²) in [5, 5.41) is 12.8. The van der Waals surface area contributed by atoms with Gasteiger partial charge in [0.2, 0.25) is 0 Å². The quantitative estimate of drug-likeness (QED) is 0.763. The lowest BCUT2D eigenvalue weighted by molar-refractivity contribution is 0.0532. The summed E-state index contributed by atoms with van der Waals surface area (Å²) in [7, 11) is 0. The Morgan fingerprint density at radius 3 is 2.06 bits per heavy atom. The van der Waals surface area contributed by atoms with Crippen LogP contribution in [0.25, 0.3) is 0 Å². The van der Waals surface area contributed by atoms with Crippen LogP contribution in [-0.2, 0) is 0 Å². The molecule has 2 N–H and O–H groups in total. The second-order valence-electron chi connectivity index (χ2n) is 6.66. The highest BCUT2D eigenvalue weighted by molar-refractivity contribution is 4.83. The SMILES string of the molecule is CC(C)NC(CO)CN1CCN(C(C)(C)C)CC1. The van der Waals surface area contributed by atoms with Crippen molar-refractivity contribution >= 4 is 0 Å². The van der Waals surface area contributed by atoms with Gasteiger partial charge in [-0.25, -0.2) is 0 Å². The normalized spacial score (nSPS) is 21.5. The maximum Gasteiger partial charge on any atom is 0.0597 e. The summed E-state index contributed by atoms with van der Waals surface area (Å²) in [5.74, 6) is 0. The lowest BCUT2D eigenvalue weighted by Gasteiger charge is -2.43. The molecule has 0 aromatic heterocycles. The first-order valence-corrected chi connectivity index (χ1v) is 7.17. The molecule has 0 spiro atoms. The van der Waals surface area contributed by atoms with Crippen molar-refractivity contribution in [1.82, 2.24) is 15.1 Å². The van der Waals surface area contributed by atoms with Gasteiger partial charge in [-0.2, -0.15) is 0 Å². The van der Waals surface area contributed by atoms with Gasteiger partial charge in [-0.15, -0.1) is 0 Å². The van der Waals surface area contributed by atoms with Gasteiger partial charge in [0.25, 0.3) is 0 Å². The van der Waals surface area contributed by atoms with E-state index in [1.54, 1.807) is 0 Å². The van der Waals surface area contributed by atoms with Gasteiger partial charge in [-0.05, 0) is 20.8 Å². The predicted molar refractivity (Wildman–Crippen MR) is 76.9 cm³/mol. The summed E-state index contributed by atoms with van der Waals surface area (Å²) < 4.78 is 0. The van der Waals surface area contributed by atoms with Gasteiger partial charge in [0.05, 0.1) is 6.61 Å². The molecular formula is C14H31N3O. The summed E-state index contributed by atoms with van der Waals surface area (Å²) in [6.45, 7) is 16.7. The van der Waals surface area contributed by atoms with Gasteiger partial charge in [-0.3, -0.25) is 9.80 Å². The molecule has 4 nitrogen and oxygen atoms in total. The predicted octanol–water partition coefficient (Wildman–Crippen LogP) is 0.761. The Kier molecular flexibility index (Phi) is 6.05. The van der Waals surface area contributed by atoms with Gasteiger partial charge in [0.15, 0.2) is 0 Å². The fourth-order valence-electron chi connectivity index (χ4n) is 2.55. The summed E-state index contributed by atoms with van der Waals surface area (Å²) in [6, 6.07) is 0.629. The maximum absolute atomic E-state index is 9.39. The van der Waals surface area contributed by atoms with Crippen LogP contribution in [0.5, 0.6) is 0 Å². The number of hydrogen-bond donors (Lipinski definition) is 2. The first kappa shape index (κ1) is 15.9. The zero-order valence-electron chi connectivity index (χ0n) is 12.7. The minimum absolute atomic E-state index is 0.200. The van der Waals surface area contributed by atoms with E-state index < -0.39 is 0 Å². The Morgan fingerprint density at radius 2 is 1.67 bits per heavy atom. The van der Waals surface area contributed by atoms with E-state index in [0.29, 0.717) is 6.04 Å². The van der Waals surface area contributed by atoms with Crippen LogP contribution in [0.15, 0.2) is 0 Å². The number of nitrogens with zero attached hydrogens (tertiary/aromatic N) is 2. The molecule has 4 heteroatoms. The van der Waals surface area contributed by atoms with E-state index in [1.807, 2.05) is 0 Å². The highest BCUT2D eigenvalue weighted by atomic mass is 16.3. The molecule has 1 unspecified atom stereocenters. The molecule has 1 saturated heterocycles. The Balaban J connectivity index is 2.34. The lowest BCUT2D eigenvalue weighted by atomic mass is 10.0. The fraction of sp³-hybridized carbons (Fsp3) is 1.00. The zero-order valence-corrected chi connectivity index (χ0v) is 12.7.